The molecule has 6 heteroatoms. The van der Waals surface area contributed by atoms with Gasteiger partial charge in [-0.1, -0.05) is 19.1 Å². The van der Waals surface area contributed by atoms with Gasteiger partial charge in [0.2, 0.25) is 0 Å². The largest absolute Gasteiger partial charge is 0.443 e. The minimum atomic E-state index is -0.509. The van der Waals surface area contributed by atoms with Crippen LogP contribution in [0.15, 0.2) is 24.3 Å². The van der Waals surface area contributed by atoms with Gasteiger partial charge in [-0.05, 0) is 65.3 Å². The molecule has 3 heterocycles. The Kier molecular flexibility index (Phi) is 5.42. The number of benzene rings is 1. The lowest BCUT2D eigenvalue weighted by molar-refractivity contribution is 0.0327. The van der Waals surface area contributed by atoms with E-state index >= 15 is 0 Å². The minimum Gasteiger partial charge on any atom is -0.443 e. The summed E-state index contributed by atoms with van der Waals surface area (Å²) in [5.74, 6) is 0.417. The molecule has 5 nitrogen and oxygen atoms in total. The van der Waals surface area contributed by atoms with Crippen molar-refractivity contribution < 1.29 is 9.53 Å². The number of aromatic nitrogens is 1. The molecule has 1 aromatic carbocycles. The number of hydrogen-bond donors (Lipinski definition) is 0. The van der Waals surface area contributed by atoms with E-state index in [2.05, 4.69) is 43.1 Å². The smallest absolute Gasteiger partial charge is 0.414 e. The van der Waals surface area contributed by atoms with Crippen LogP contribution in [0.5, 0.6) is 0 Å². The van der Waals surface area contributed by atoms with Crippen LogP contribution in [-0.4, -0.2) is 52.7 Å². The molecule has 4 rings (SSSR count). The van der Waals surface area contributed by atoms with E-state index in [-0.39, 0.29) is 6.09 Å². The summed E-state index contributed by atoms with van der Waals surface area (Å²) >= 11 is 1.79. The minimum absolute atomic E-state index is 0.276. The van der Waals surface area contributed by atoms with Crippen molar-refractivity contribution in [3.8, 4) is 0 Å². The lowest BCUT2D eigenvalue weighted by atomic mass is 9.98. The quantitative estimate of drug-likeness (QED) is 0.697. The molecular formula is C23H31N3O2S. The molecule has 29 heavy (non-hydrogen) atoms. The number of hydrogen-bond acceptors (Lipinski definition) is 5. The summed E-state index contributed by atoms with van der Waals surface area (Å²) in [6, 6.07) is 7.00. The van der Waals surface area contributed by atoms with Crippen molar-refractivity contribution in [3.05, 3.63) is 34.8 Å². The SMILES string of the molecule is C[C@H]1CC=C(c2ccc3sc(CC4CCN4C)nc3c2)N(C(=O)OC(C)(C)C)C1. The average Bonchev–Trinajstić information content (AvgIpc) is 3.05. The summed E-state index contributed by atoms with van der Waals surface area (Å²) in [5.41, 5.74) is 2.49. The van der Waals surface area contributed by atoms with Gasteiger partial charge in [0.15, 0.2) is 0 Å². The van der Waals surface area contributed by atoms with Crippen LogP contribution in [0.25, 0.3) is 15.9 Å². The van der Waals surface area contributed by atoms with Crippen LogP contribution in [0.3, 0.4) is 0 Å². The number of likely N-dealkylation sites (tertiary alicyclic amines) is 1. The third-order valence-corrected chi connectivity index (χ3v) is 6.75. The van der Waals surface area contributed by atoms with Gasteiger partial charge in [-0.25, -0.2) is 9.78 Å². The number of carbonyl (C=O) groups excluding carboxylic acids is 1. The first-order valence-corrected chi connectivity index (χ1v) is 11.3. The summed E-state index contributed by atoms with van der Waals surface area (Å²) in [6.45, 7) is 9.75. The van der Waals surface area contributed by atoms with Crippen LogP contribution in [0.2, 0.25) is 0 Å². The molecule has 1 aromatic heterocycles. The molecule has 0 aliphatic carbocycles. The van der Waals surface area contributed by atoms with E-state index < -0.39 is 5.60 Å². The lowest BCUT2D eigenvalue weighted by Crippen LogP contribution is -2.45. The van der Waals surface area contributed by atoms with Gasteiger partial charge in [0, 0.05) is 24.6 Å². The van der Waals surface area contributed by atoms with Gasteiger partial charge in [0.05, 0.1) is 20.9 Å². The van der Waals surface area contributed by atoms with Crippen molar-refractivity contribution in [2.45, 2.75) is 58.6 Å². The summed E-state index contributed by atoms with van der Waals surface area (Å²) in [6.07, 6.45) is 5.13. The third kappa shape index (κ3) is 4.48. The molecule has 0 N–H and O–H groups in total. The van der Waals surface area contributed by atoms with Crippen molar-refractivity contribution in [3.63, 3.8) is 0 Å². The monoisotopic (exact) mass is 413 g/mol. The number of rotatable bonds is 3. The fourth-order valence-electron chi connectivity index (χ4n) is 3.92. The first-order valence-electron chi connectivity index (χ1n) is 10.5. The van der Waals surface area contributed by atoms with E-state index in [4.69, 9.17) is 9.72 Å². The molecule has 0 spiro atoms. The Morgan fingerprint density at radius 1 is 1.34 bits per heavy atom. The van der Waals surface area contributed by atoms with Crippen molar-refractivity contribution >= 4 is 33.3 Å². The number of ether oxygens (including phenoxy) is 1. The highest BCUT2D eigenvalue weighted by Crippen LogP contribution is 2.33. The van der Waals surface area contributed by atoms with Gasteiger partial charge >= 0.3 is 6.09 Å². The fourth-order valence-corrected chi connectivity index (χ4v) is 4.94. The first-order chi connectivity index (χ1) is 13.7. The standard InChI is InChI=1S/C23H31N3O2S/c1-15-6-8-19(26(14-15)22(27)28-23(2,3)4)16-7-9-20-18(12-16)24-21(29-20)13-17-10-11-25(17)5/h7-9,12,15,17H,6,10-11,13-14H2,1-5H3/t15-,17?/m0/s1. The fraction of sp³-hybridized carbons (Fsp3) is 0.565. The number of likely N-dealkylation sites (N-methyl/N-ethyl adjacent to an activating group) is 1. The Bertz CT molecular complexity index is 943. The van der Waals surface area contributed by atoms with Crippen LogP contribution in [0, 0.1) is 5.92 Å². The van der Waals surface area contributed by atoms with E-state index in [1.165, 1.54) is 22.7 Å². The zero-order valence-corrected chi connectivity index (χ0v) is 18.9. The second-order valence-corrected chi connectivity index (χ2v) is 10.6. The molecule has 1 unspecified atom stereocenters. The Morgan fingerprint density at radius 3 is 2.79 bits per heavy atom. The predicted octanol–water partition coefficient (Wildman–Crippen LogP) is 5.16. The molecule has 2 aliphatic heterocycles. The van der Waals surface area contributed by atoms with E-state index in [1.807, 2.05) is 20.8 Å². The van der Waals surface area contributed by atoms with Crippen molar-refractivity contribution in [2.75, 3.05) is 20.1 Å². The van der Waals surface area contributed by atoms with E-state index in [9.17, 15) is 4.79 Å². The Balaban J connectivity index is 1.60. The molecule has 2 aromatic rings. The predicted molar refractivity (Wildman–Crippen MR) is 119 cm³/mol. The summed E-state index contributed by atoms with van der Waals surface area (Å²) in [7, 11) is 2.18. The number of thiazole rings is 1. The number of amides is 1. The molecule has 1 saturated heterocycles. The van der Waals surface area contributed by atoms with Gasteiger partial charge < -0.3 is 9.64 Å². The van der Waals surface area contributed by atoms with Crippen LogP contribution in [0.4, 0.5) is 4.79 Å². The summed E-state index contributed by atoms with van der Waals surface area (Å²) in [4.78, 5) is 21.9. The van der Waals surface area contributed by atoms with Crippen molar-refractivity contribution in [1.29, 1.82) is 0 Å². The molecule has 156 valence electrons. The maximum absolute atomic E-state index is 12.8. The highest BCUT2D eigenvalue weighted by molar-refractivity contribution is 7.18. The average molecular weight is 414 g/mol. The zero-order chi connectivity index (χ0) is 20.8. The maximum atomic E-state index is 12.8. The molecule has 2 aliphatic rings. The van der Waals surface area contributed by atoms with Gasteiger partial charge in [-0.3, -0.25) is 4.90 Å². The normalized spacial score (nSPS) is 23.1. The van der Waals surface area contributed by atoms with Gasteiger partial charge in [0.25, 0.3) is 0 Å². The molecule has 0 bridgehead atoms. The van der Waals surface area contributed by atoms with Gasteiger partial charge in [-0.15, -0.1) is 11.3 Å². The maximum Gasteiger partial charge on any atom is 0.414 e. The Labute approximate surface area is 177 Å². The topological polar surface area (TPSA) is 45.7 Å². The summed E-state index contributed by atoms with van der Waals surface area (Å²) in [5, 5.41) is 1.20. The van der Waals surface area contributed by atoms with Crippen LogP contribution in [0.1, 0.15) is 51.1 Å². The van der Waals surface area contributed by atoms with Crippen molar-refractivity contribution in [2.24, 2.45) is 5.92 Å². The molecule has 1 fully saturated rings. The zero-order valence-electron chi connectivity index (χ0n) is 18.1. The van der Waals surface area contributed by atoms with Gasteiger partial charge in [0.1, 0.15) is 5.60 Å². The Morgan fingerprint density at radius 2 is 2.14 bits per heavy atom. The Hall–Kier alpha value is -1.92. The third-order valence-electron chi connectivity index (χ3n) is 5.69. The lowest BCUT2D eigenvalue weighted by Gasteiger charge is -2.37. The first kappa shape index (κ1) is 20.4. The number of nitrogens with zero attached hydrogens (tertiary/aromatic N) is 3. The summed E-state index contributed by atoms with van der Waals surface area (Å²) < 4.78 is 6.88. The van der Waals surface area contributed by atoms with Crippen molar-refractivity contribution in [1.82, 2.24) is 14.8 Å². The number of fused-ring (bicyclic) bond motifs is 1. The highest BCUT2D eigenvalue weighted by atomic mass is 32.1. The molecule has 1 amide bonds. The second-order valence-electron chi connectivity index (χ2n) is 9.44. The number of allylic oxidation sites excluding steroid dienone is 1. The molecular weight excluding hydrogens is 382 g/mol. The van der Waals surface area contributed by atoms with Crippen LogP contribution < -0.4 is 0 Å². The number of carbonyl (C=O) groups is 1. The van der Waals surface area contributed by atoms with E-state index in [0.29, 0.717) is 18.5 Å². The second kappa shape index (κ2) is 7.73. The van der Waals surface area contributed by atoms with E-state index in [1.54, 1.807) is 16.2 Å². The molecule has 2 atom stereocenters. The van der Waals surface area contributed by atoms with E-state index in [0.717, 1.165) is 29.6 Å². The molecule has 0 saturated carbocycles. The van der Waals surface area contributed by atoms with Crippen LogP contribution in [-0.2, 0) is 11.2 Å². The highest BCUT2D eigenvalue weighted by Gasteiger charge is 2.30. The molecule has 0 radical (unpaired) electrons. The van der Waals surface area contributed by atoms with Crippen LogP contribution >= 0.6 is 11.3 Å². The van der Waals surface area contributed by atoms with Gasteiger partial charge in [-0.2, -0.15) is 0 Å².